The van der Waals surface area contributed by atoms with Crippen molar-refractivity contribution in [2.75, 3.05) is 13.3 Å². The van der Waals surface area contributed by atoms with Crippen LogP contribution in [0.2, 0.25) is 0 Å². The molecule has 2 aliphatic rings. The molecular formula is C21H15BrN2O6. The highest BCUT2D eigenvalue weighted by molar-refractivity contribution is 9.10. The third kappa shape index (κ3) is 3.41. The number of carbonyl (C=O) groups is 5. The molecule has 0 atom stereocenters. The molecule has 0 bridgehead atoms. The molecule has 8 nitrogen and oxygen atoms in total. The maximum Gasteiger partial charge on any atom is 0.307 e. The summed E-state index contributed by atoms with van der Waals surface area (Å²) in [7, 11) is 0. The van der Waals surface area contributed by atoms with E-state index in [2.05, 4.69) is 15.9 Å². The normalized spacial score (nSPS) is 15.0. The molecular weight excluding hydrogens is 456 g/mol. The molecule has 0 saturated heterocycles. The van der Waals surface area contributed by atoms with Crippen LogP contribution < -0.4 is 0 Å². The fraction of sp³-hybridized carbons (Fsp3) is 0.190. The summed E-state index contributed by atoms with van der Waals surface area (Å²) in [6.07, 6.45) is 0.133. The molecule has 2 aliphatic heterocycles. The molecule has 30 heavy (non-hydrogen) atoms. The first-order chi connectivity index (χ1) is 14.4. The third-order valence-corrected chi connectivity index (χ3v) is 5.42. The number of hydrogen-bond donors (Lipinski definition) is 0. The number of rotatable bonds is 6. The van der Waals surface area contributed by atoms with Crippen molar-refractivity contribution < 1.29 is 28.7 Å². The molecule has 0 spiro atoms. The van der Waals surface area contributed by atoms with E-state index in [1.165, 1.54) is 12.1 Å². The zero-order valence-electron chi connectivity index (χ0n) is 15.6. The number of ether oxygens (including phenoxy) is 1. The molecule has 0 N–H and O–H groups in total. The Morgan fingerprint density at radius 2 is 1.37 bits per heavy atom. The van der Waals surface area contributed by atoms with Gasteiger partial charge in [-0.25, -0.2) is 4.90 Å². The van der Waals surface area contributed by atoms with E-state index in [-0.39, 0.29) is 30.5 Å². The summed E-state index contributed by atoms with van der Waals surface area (Å²) >= 11 is 3.27. The van der Waals surface area contributed by atoms with Crippen molar-refractivity contribution in [3.05, 3.63) is 69.2 Å². The molecule has 2 aromatic rings. The number of amides is 4. The van der Waals surface area contributed by atoms with Crippen LogP contribution in [-0.2, 0) is 9.53 Å². The lowest BCUT2D eigenvalue weighted by molar-refractivity contribution is -0.146. The number of esters is 1. The maximum atomic E-state index is 12.4. The standard InChI is InChI=1S/C21H15BrN2O6/c22-12-7-8-15-16(10-12)21(29)23(18(15)26)9-3-6-17(25)30-11-24-19(27)13-4-1-2-5-14(13)20(24)28/h1-2,4-5,7-8,10H,3,6,9,11H2. The minimum atomic E-state index is -0.633. The Kier molecular flexibility index (Phi) is 5.21. The molecule has 4 rings (SSSR count). The van der Waals surface area contributed by atoms with E-state index >= 15 is 0 Å². The Hall–Kier alpha value is -3.33. The van der Waals surface area contributed by atoms with E-state index in [1.54, 1.807) is 30.3 Å². The molecule has 152 valence electrons. The van der Waals surface area contributed by atoms with E-state index in [0.717, 1.165) is 9.80 Å². The summed E-state index contributed by atoms with van der Waals surface area (Å²) < 4.78 is 5.74. The Labute approximate surface area is 179 Å². The van der Waals surface area contributed by atoms with Gasteiger partial charge in [-0.3, -0.25) is 28.9 Å². The van der Waals surface area contributed by atoms with Crippen molar-refractivity contribution >= 4 is 45.5 Å². The van der Waals surface area contributed by atoms with Gasteiger partial charge in [-0.15, -0.1) is 0 Å². The lowest BCUT2D eigenvalue weighted by Gasteiger charge is -2.15. The number of hydrogen-bond acceptors (Lipinski definition) is 6. The van der Waals surface area contributed by atoms with Crippen LogP contribution in [0.3, 0.4) is 0 Å². The molecule has 0 radical (unpaired) electrons. The van der Waals surface area contributed by atoms with Gasteiger partial charge in [0.05, 0.1) is 22.3 Å². The Bertz CT molecular complexity index is 1080. The van der Waals surface area contributed by atoms with Crippen molar-refractivity contribution in [1.29, 1.82) is 0 Å². The SMILES string of the molecule is O=C(CCCN1C(=O)c2ccc(Br)cc2C1=O)OCN1C(=O)c2ccccc2C1=O. The fourth-order valence-electron chi connectivity index (χ4n) is 3.41. The van der Waals surface area contributed by atoms with Gasteiger partial charge in [0.15, 0.2) is 6.73 Å². The van der Waals surface area contributed by atoms with E-state index in [9.17, 15) is 24.0 Å². The lowest BCUT2D eigenvalue weighted by atomic mass is 10.1. The van der Waals surface area contributed by atoms with Crippen molar-refractivity contribution in [3.8, 4) is 0 Å². The summed E-state index contributed by atoms with van der Waals surface area (Å²) in [4.78, 5) is 63.2. The third-order valence-electron chi connectivity index (χ3n) is 4.93. The van der Waals surface area contributed by atoms with E-state index in [4.69, 9.17) is 4.74 Å². The van der Waals surface area contributed by atoms with Gasteiger partial charge in [0, 0.05) is 17.4 Å². The van der Waals surface area contributed by atoms with Gasteiger partial charge >= 0.3 is 5.97 Å². The highest BCUT2D eigenvalue weighted by Gasteiger charge is 2.36. The second-order valence-corrected chi connectivity index (χ2v) is 7.70. The second-order valence-electron chi connectivity index (χ2n) is 6.78. The van der Waals surface area contributed by atoms with Crippen molar-refractivity contribution in [1.82, 2.24) is 9.80 Å². The van der Waals surface area contributed by atoms with Gasteiger partial charge < -0.3 is 4.74 Å². The van der Waals surface area contributed by atoms with Crippen LogP contribution in [0.15, 0.2) is 46.9 Å². The maximum absolute atomic E-state index is 12.4. The molecule has 0 fully saturated rings. The zero-order valence-corrected chi connectivity index (χ0v) is 17.2. The summed E-state index contributed by atoms with van der Waals surface area (Å²) in [6, 6.07) is 11.2. The van der Waals surface area contributed by atoms with Crippen LogP contribution in [0.25, 0.3) is 0 Å². The Balaban J connectivity index is 1.28. The Morgan fingerprint density at radius 1 is 0.800 bits per heavy atom. The first kappa shape index (κ1) is 20.0. The monoisotopic (exact) mass is 470 g/mol. The molecule has 0 aromatic heterocycles. The average molecular weight is 471 g/mol. The number of halogens is 1. The highest BCUT2D eigenvalue weighted by Crippen LogP contribution is 2.26. The van der Waals surface area contributed by atoms with Crippen LogP contribution in [0, 0.1) is 0 Å². The fourth-order valence-corrected chi connectivity index (χ4v) is 3.77. The topological polar surface area (TPSA) is 101 Å². The smallest absolute Gasteiger partial charge is 0.307 e. The minimum Gasteiger partial charge on any atom is -0.444 e. The largest absolute Gasteiger partial charge is 0.444 e. The number of imide groups is 2. The average Bonchev–Trinajstić information content (AvgIpc) is 3.12. The van der Waals surface area contributed by atoms with Crippen molar-refractivity contribution in [2.24, 2.45) is 0 Å². The summed E-state index contributed by atoms with van der Waals surface area (Å²) in [6.45, 7) is -0.418. The number of benzene rings is 2. The quantitative estimate of drug-likeness (QED) is 0.475. The van der Waals surface area contributed by atoms with Crippen LogP contribution in [0.4, 0.5) is 0 Å². The molecule has 9 heteroatoms. The highest BCUT2D eigenvalue weighted by atomic mass is 79.9. The van der Waals surface area contributed by atoms with Gasteiger partial charge in [0.25, 0.3) is 23.6 Å². The minimum absolute atomic E-state index is 0.0616. The van der Waals surface area contributed by atoms with Gasteiger partial charge in [-0.1, -0.05) is 28.1 Å². The first-order valence-electron chi connectivity index (χ1n) is 9.15. The van der Waals surface area contributed by atoms with Gasteiger partial charge in [-0.2, -0.15) is 0 Å². The lowest BCUT2D eigenvalue weighted by Crippen LogP contribution is -2.33. The van der Waals surface area contributed by atoms with Crippen LogP contribution >= 0.6 is 15.9 Å². The molecule has 0 saturated carbocycles. The van der Waals surface area contributed by atoms with Crippen LogP contribution in [0.1, 0.15) is 54.3 Å². The van der Waals surface area contributed by atoms with E-state index in [1.807, 2.05) is 0 Å². The molecule has 0 aliphatic carbocycles. The first-order valence-corrected chi connectivity index (χ1v) is 9.94. The van der Waals surface area contributed by atoms with Gasteiger partial charge in [-0.05, 0) is 36.8 Å². The van der Waals surface area contributed by atoms with Crippen LogP contribution in [0.5, 0.6) is 0 Å². The van der Waals surface area contributed by atoms with E-state index < -0.39 is 36.3 Å². The van der Waals surface area contributed by atoms with Crippen molar-refractivity contribution in [2.45, 2.75) is 12.8 Å². The number of carbonyl (C=O) groups excluding carboxylic acids is 5. The molecule has 2 aromatic carbocycles. The predicted octanol–water partition coefficient (Wildman–Crippen LogP) is 2.62. The summed E-state index contributed by atoms with van der Waals surface area (Å²) in [5.41, 5.74) is 1.20. The molecule has 2 heterocycles. The number of fused-ring (bicyclic) bond motifs is 2. The van der Waals surface area contributed by atoms with Gasteiger partial charge in [0.2, 0.25) is 0 Å². The van der Waals surface area contributed by atoms with Crippen LogP contribution in [-0.4, -0.2) is 52.7 Å². The number of nitrogens with zero attached hydrogens (tertiary/aromatic N) is 2. The van der Waals surface area contributed by atoms with Gasteiger partial charge in [0.1, 0.15) is 0 Å². The molecule has 4 amide bonds. The second kappa shape index (κ2) is 7.83. The van der Waals surface area contributed by atoms with Crippen molar-refractivity contribution in [3.63, 3.8) is 0 Å². The summed E-state index contributed by atoms with van der Waals surface area (Å²) in [5.74, 6) is -2.47. The zero-order chi connectivity index (χ0) is 21.4. The van der Waals surface area contributed by atoms with E-state index in [0.29, 0.717) is 15.6 Å². The Morgan fingerprint density at radius 3 is 2.03 bits per heavy atom. The predicted molar refractivity (Wildman–Crippen MR) is 107 cm³/mol. The summed E-state index contributed by atoms with van der Waals surface area (Å²) in [5, 5.41) is 0. The molecule has 0 unspecified atom stereocenters.